The van der Waals surface area contributed by atoms with Crippen molar-refractivity contribution in [3.63, 3.8) is 0 Å². The zero-order valence-corrected chi connectivity index (χ0v) is 14.3. The fourth-order valence-corrected chi connectivity index (χ4v) is 2.37. The number of nitro benzene ring substituents is 1. The molecule has 0 radical (unpaired) electrons. The molecule has 0 aliphatic rings. The Balaban J connectivity index is 0.00000225. The number of aromatic nitrogens is 2. The summed E-state index contributed by atoms with van der Waals surface area (Å²) >= 11 is 11.5. The molecule has 0 spiro atoms. The summed E-state index contributed by atoms with van der Waals surface area (Å²) in [4.78, 5) is 17.8. The maximum Gasteiger partial charge on any atom is 0.305 e. The van der Waals surface area contributed by atoms with Crippen molar-refractivity contribution >= 4 is 63.7 Å². The van der Waals surface area contributed by atoms with Gasteiger partial charge < -0.3 is 5.32 Å². The van der Waals surface area contributed by atoms with Gasteiger partial charge in [0, 0.05) is 12.1 Å². The van der Waals surface area contributed by atoms with E-state index in [-0.39, 0.29) is 44.9 Å². The first-order chi connectivity index (χ1) is 11.4. The Hall–Kier alpha value is -2.29. The van der Waals surface area contributed by atoms with Gasteiger partial charge in [-0.3, -0.25) is 10.1 Å². The molecule has 25 heavy (non-hydrogen) atoms. The number of nitro groups is 1. The van der Waals surface area contributed by atoms with Crippen molar-refractivity contribution in [2.75, 3.05) is 5.32 Å². The largest absolute Gasteiger partial charge is 0.337 e. The van der Waals surface area contributed by atoms with Crippen LogP contribution in [-0.2, 0) is 0 Å². The van der Waals surface area contributed by atoms with Crippen LogP contribution in [0.25, 0.3) is 10.9 Å². The summed E-state index contributed by atoms with van der Waals surface area (Å²) in [7, 11) is 0. The van der Waals surface area contributed by atoms with Gasteiger partial charge in [-0.2, -0.15) is 4.39 Å². The number of halogens is 5. The molecular weight excluding hydrogens is 401 g/mol. The second kappa shape index (κ2) is 7.30. The van der Waals surface area contributed by atoms with E-state index in [0.29, 0.717) is 0 Å². The van der Waals surface area contributed by atoms with Gasteiger partial charge in [0.1, 0.15) is 12.1 Å². The number of rotatable bonds is 3. The van der Waals surface area contributed by atoms with E-state index in [4.69, 9.17) is 23.2 Å². The molecule has 130 valence electrons. The van der Waals surface area contributed by atoms with Gasteiger partial charge in [-0.25, -0.2) is 14.4 Å². The molecule has 1 aromatic heterocycles. The summed E-state index contributed by atoms with van der Waals surface area (Å²) in [5.41, 5.74) is -0.664. The van der Waals surface area contributed by atoms with E-state index in [1.54, 1.807) is 0 Å². The molecule has 1 N–H and O–H groups in total. The molecule has 11 heteroatoms. The van der Waals surface area contributed by atoms with Crippen LogP contribution in [-0.4, -0.2) is 14.9 Å². The predicted molar refractivity (Wildman–Crippen MR) is 93.1 cm³/mol. The highest BCUT2D eigenvalue weighted by atomic mass is 35.5. The molecule has 0 bridgehead atoms. The zero-order chi connectivity index (χ0) is 17.4. The van der Waals surface area contributed by atoms with E-state index in [0.717, 1.165) is 18.5 Å². The topological polar surface area (TPSA) is 81.0 Å². The molecule has 0 atom stereocenters. The summed E-state index contributed by atoms with van der Waals surface area (Å²) in [6.45, 7) is 0. The SMILES string of the molecule is Cl.O=[N+]([O-])c1cc2c(Nc3ccc(Cl)c(Cl)c3F)ncnc2cc1F. The van der Waals surface area contributed by atoms with Gasteiger partial charge in [-0.05, 0) is 12.1 Å². The third-order valence-electron chi connectivity index (χ3n) is 3.19. The highest BCUT2D eigenvalue weighted by Crippen LogP contribution is 2.33. The van der Waals surface area contributed by atoms with Crippen molar-refractivity contribution in [2.24, 2.45) is 0 Å². The van der Waals surface area contributed by atoms with E-state index >= 15 is 0 Å². The van der Waals surface area contributed by atoms with Crippen LogP contribution in [0.3, 0.4) is 0 Å². The molecule has 1 heterocycles. The first-order valence-corrected chi connectivity index (χ1v) is 7.13. The predicted octanol–water partition coefficient (Wildman–Crippen LogP) is 5.29. The summed E-state index contributed by atoms with van der Waals surface area (Å²) in [5, 5.41) is 13.4. The lowest BCUT2D eigenvalue weighted by atomic mass is 10.2. The highest BCUT2D eigenvalue weighted by molar-refractivity contribution is 6.42. The smallest absolute Gasteiger partial charge is 0.305 e. The molecule has 3 aromatic rings. The molecule has 0 saturated carbocycles. The summed E-state index contributed by atoms with van der Waals surface area (Å²) in [6, 6.07) is 4.59. The first kappa shape index (κ1) is 19.0. The van der Waals surface area contributed by atoms with E-state index in [1.807, 2.05) is 0 Å². The van der Waals surface area contributed by atoms with Gasteiger partial charge in [0.15, 0.2) is 5.82 Å². The lowest BCUT2D eigenvalue weighted by molar-refractivity contribution is -0.387. The number of fused-ring (bicyclic) bond motifs is 1. The number of benzene rings is 2. The lowest BCUT2D eigenvalue weighted by Crippen LogP contribution is -2.00. The molecule has 0 amide bonds. The second-order valence-electron chi connectivity index (χ2n) is 4.65. The Morgan fingerprint density at radius 3 is 2.56 bits per heavy atom. The lowest BCUT2D eigenvalue weighted by Gasteiger charge is -2.10. The van der Waals surface area contributed by atoms with Crippen LogP contribution < -0.4 is 5.32 Å². The molecule has 0 aliphatic heterocycles. The normalized spacial score (nSPS) is 10.4. The fraction of sp³-hybridized carbons (Fsp3) is 0. The summed E-state index contributed by atoms with van der Waals surface area (Å²) < 4.78 is 27.8. The summed E-state index contributed by atoms with van der Waals surface area (Å²) in [5.74, 6) is -1.79. The zero-order valence-electron chi connectivity index (χ0n) is 12.0. The minimum absolute atomic E-state index is 0. The Bertz CT molecular complexity index is 988. The third-order valence-corrected chi connectivity index (χ3v) is 3.97. The van der Waals surface area contributed by atoms with Crippen LogP contribution in [0.5, 0.6) is 0 Å². The van der Waals surface area contributed by atoms with E-state index < -0.39 is 22.2 Å². The van der Waals surface area contributed by atoms with Crippen LogP contribution >= 0.6 is 35.6 Å². The van der Waals surface area contributed by atoms with Crippen LogP contribution in [0.15, 0.2) is 30.6 Å². The maximum atomic E-state index is 14.1. The van der Waals surface area contributed by atoms with Gasteiger partial charge in [-0.1, -0.05) is 23.2 Å². The molecule has 0 saturated heterocycles. The molecule has 6 nitrogen and oxygen atoms in total. The maximum absolute atomic E-state index is 14.1. The van der Waals surface area contributed by atoms with Crippen molar-refractivity contribution in [3.05, 3.63) is 62.4 Å². The number of hydrogen-bond acceptors (Lipinski definition) is 5. The van der Waals surface area contributed by atoms with Crippen LogP contribution in [0.2, 0.25) is 10.0 Å². The van der Waals surface area contributed by atoms with E-state index in [1.165, 1.54) is 12.1 Å². The van der Waals surface area contributed by atoms with E-state index in [9.17, 15) is 18.9 Å². The van der Waals surface area contributed by atoms with Crippen molar-refractivity contribution in [3.8, 4) is 0 Å². The second-order valence-corrected chi connectivity index (χ2v) is 5.43. The van der Waals surface area contributed by atoms with Crippen molar-refractivity contribution in [2.45, 2.75) is 0 Å². The molecule has 0 aliphatic carbocycles. The van der Waals surface area contributed by atoms with E-state index in [2.05, 4.69) is 15.3 Å². The highest BCUT2D eigenvalue weighted by Gasteiger charge is 2.19. The van der Waals surface area contributed by atoms with Crippen molar-refractivity contribution in [1.29, 1.82) is 0 Å². The van der Waals surface area contributed by atoms with Crippen molar-refractivity contribution in [1.82, 2.24) is 9.97 Å². The van der Waals surface area contributed by atoms with Crippen LogP contribution in [0, 0.1) is 21.7 Å². The Morgan fingerprint density at radius 2 is 1.88 bits per heavy atom. The molecule has 2 aromatic carbocycles. The molecular formula is C14H7Cl3F2N4O2. The number of nitrogens with one attached hydrogen (secondary N) is 1. The quantitative estimate of drug-likeness (QED) is 0.362. The Labute approximate surface area is 155 Å². The standard InChI is InChI=1S/C14H6Cl2F2N4O2.ClH/c15-7-1-2-9(13(18)12(7)16)21-14-6-3-11(22(23)24)8(17)4-10(6)19-5-20-14;/h1-5H,(H,19,20,21);1H. The first-order valence-electron chi connectivity index (χ1n) is 6.37. The Morgan fingerprint density at radius 1 is 1.16 bits per heavy atom. The number of nitrogens with zero attached hydrogens (tertiary/aromatic N) is 3. The summed E-state index contributed by atoms with van der Waals surface area (Å²) in [6.07, 6.45) is 1.12. The molecule has 0 unspecified atom stereocenters. The van der Waals surface area contributed by atoms with Gasteiger partial charge in [0.05, 0.1) is 31.6 Å². The number of hydrogen-bond donors (Lipinski definition) is 1. The third kappa shape index (κ3) is 3.55. The molecule has 3 rings (SSSR count). The monoisotopic (exact) mass is 406 g/mol. The fourth-order valence-electron chi connectivity index (χ4n) is 2.06. The Kier molecular flexibility index (Phi) is 5.56. The van der Waals surface area contributed by atoms with Crippen LogP contribution in [0.1, 0.15) is 0 Å². The minimum atomic E-state index is -1.03. The average Bonchev–Trinajstić information content (AvgIpc) is 2.54. The molecule has 0 fully saturated rings. The van der Waals surface area contributed by atoms with Crippen molar-refractivity contribution < 1.29 is 13.7 Å². The van der Waals surface area contributed by atoms with Gasteiger partial charge in [0.2, 0.25) is 5.82 Å². The number of anilines is 2. The van der Waals surface area contributed by atoms with Gasteiger partial charge in [-0.15, -0.1) is 12.4 Å². The van der Waals surface area contributed by atoms with Gasteiger partial charge in [0.25, 0.3) is 0 Å². The average molecular weight is 408 g/mol. The van der Waals surface area contributed by atoms with Crippen LogP contribution in [0.4, 0.5) is 26.0 Å². The van der Waals surface area contributed by atoms with Gasteiger partial charge >= 0.3 is 5.69 Å². The minimum Gasteiger partial charge on any atom is -0.337 e.